The Labute approximate surface area is 161 Å². The third-order valence-corrected chi connectivity index (χ3v) is 3.87. The molecule has 2 aromatic carbocycles. The van der Waals surface area contributed by atoms with Crippen molar-refractivity contribution >= 4 is 23.5 Å². The van der Waals surface area contributed by atoms with Gasteiger partial charge in [-0.3, -0.25) is 19.2 Å². The van der Waals surface area contributed by atoms with E-state index in [1.165, 1.54) is 24.3 Å². The number of nitrogens with one attached hydrogen (secondary N) is 2. The fraction of sp³-hybridized carbons (Fsp3) is 0.200. The topological polar surface area (TPSA) is 118 Å². The summed E-state index contributed by atoms with van der Waals surface area (Å²) in [6.45, 7) is 0.0000408. The van der Waals surface area contributed by atoms with Gasteiger partial charge in [-0.2, -0.15) is 0 Å². The first-order valence-electron chi connectivity index (χ1n) is 8.56. The standard InChI is InChI=1S/C20H20FN3O4/c21-16-7-5-14(6-8-16)17(25)9-10-19(27)23-11-13-1-3-15(4-2-13)20(28)24-12-18(22)26/h1-8H,9-12H2,(H2,22,26)(H,23,27)(H,24,28). The van der Waals surface area contributed by atoms with E-state index < -0.39 is 17.6 Å². The molecule has 0 unspecified atom stereocenters. The number of amides is 3. The van der Waals surface area contributed by atoms with Crippen LogP contribution in [0.2, 0.25) is 0 Å². The average molecular weight is 385 g/mol. The molecule has 28 heavy (non-hydrogen) atoms. The summed E-state index contributed by atoms with van der Waals surface area (Å²) in [6, 6.07) is 11.6. The van der Waals surface area contributed by atoms with Gasteiger partial charge in [0.2, 0.25) is 11.8 Å². The number of carbonyl (C=O) groups excluding carboxylic acids is 4. The van der Waals surface area contributed by atoms with Crippen LogP contribution in [0, 0.1) is 5.82 Å². The Bertz CT molecular complexity index is 864. The number of hydrogen-bond acceptors (Lipinski definition) is 4. The fourth-order valence-electron chi connectivity index (χ4n) is 2.34. The summed E-state index contributed by atoms with van der Waals surface area (Å²) in [5.74, 6) is -2.01. The lowest BCUT2D eigenvalue weighted by Crippen LogP contribution is -2.33. The van der Waals surface area contributed by atoms with Gasteiger partial charge in [0.05, 0.1) is 6.54 Å². The fourth-order valence-corrected chi connectivity index (χ4v) is 2.34. The van der Waals surface area contributed by atoms with Gasteiger partial charge in [-0.05, 0) is 42.0 Å². The summed E-state index contributed by atoms with van der Waals surface area (Å²) in [5.41, 5.74) is 6.45. The first-order valence-corrected chi connectivity index (χ1v) is 8.56. The van der Waals surface area contributed by atoms with Crippen LogP contribution in [0.1, 0.15) is 39.1 Å². The summed E-state index contributed by atoms with van der Waals surface area (Å²) < 4.78 is 12.8. The van der Waals surface area contributed by atoms with Gasteiger partial charge in [0, 0.05) is 30.5 Å². The van der Waals surface area contributed by atoms with Gasteiger partial charge in [-0.1, -0.05) is 12.1 Å². The second kappa shape index (κ2) is 9.96. The minimum atomic E-state index is -0.634. The quantitative estimate of drug-likeness (QED) is 0.564. The van der Waals surface area contributed by atoms with Gasteiger partial charge in [-0.15, -0.1) is 0 Å². The van der Waals surface area contributed by atoms with E-state index in [0.29, 0.717) is 11.1 Å². The Hall–Kier alpha value is -3.55. The first-order chi connectivity index (χ1) is 13.3. The molecule has 4 N–H and O–H groups in total. The monoisotopic (exact) mass is 385 g/mol. The molecule has 0 bridgehead atoms. The molecule has 0 aromatic heterocycles. The highest BCUT2D eigenvalue weighted by Crippen LogP contribution is 2.08. The number of carbonyl (C=O) groups is 4. The summed E-state index contributed by atoms with van der Waals surface area (Å²) in [4.78, 5) is 46.3. The lowest BCUT2D eigenvalue weighted by molar-refractivity contribution is -0.121. The predicted molar refractivity (Wildman–Crippen MR) is 99.8 cm³/mol. The maximum Gasteiger partial charge on any atom is 0.251 e. The maximum atomic E-state index is 12.8. The zero-order valence-corrected chi connectivity index (χ0v) is 15.0. The normalized spacial score (nSPS) is 10.2. The third kappa shape index (κ3) is 6.64. The van der Waals surface area contributed by atoms with Gasteiger partial charge in [0.15, 0.2) is 5.78 Å². The smallest absolute Gasteiger partial charge is 0.251 e. The molecule has 0 aliphatic heterocycles. The number of primary amides is 1. The highest BCUT2D eigenvalue weighted by molar-refractivity contribution is 5.98. The van der Waals surface area contributed by atoms with Gasteiger partial charge in [0.1, 0.15) is 5.82 Å². The molecule has 146 valence electrons. The van der Waals surface area contributed by atoms with E-state index in [1.807, 2.05) is 0 Å². The van der Waals surface area contributed by atoms with Crippen LogP contribution >= 0.6 is 0 Å². The molecular weight excluding hydrogens is 365 g/mol. The largest absolute Gasteiger partial charge is 0.368 e. The average Bonchev–Trinajstić information content (AvgIpc) is 2.69. The molecule has 0 spiro atoms. The van der Waals surface area contributed by atoms with Crippen LogP contribution in [0.3, 0.4) is 0 Å². The molecule has 2 rings (SSSR count). The number of halogens is 1. The number of Topliss-reactive ketones (excluding diaryl/α,β-unsaturated/α-hetero) is 1. The molecule has 0 aliphatic carbocycles. The number of rotatable bonds is 9. The molecule has 0 heterocycles. The van der Waals surface area contributed by atoms with Crippen LogP contribution in [0.4, 0.5) is 4.39 Å². The van der Waals surface area contributed by atoms with Crippen molar-refractivity contribution in [3.63, 3.8) is 0 Å². The van der Waals surface area contributed by atoms with E-state index >= 15 is 0 Å². The van der Waals surface area contributed by atoms with Gasteiger partial charge in [0.25, 0.3) is 5.91 Å². The van der Waals surface area contributed by atoms with Crippen molar-refractivity contribution in [2.75, 3.05) is 6.54 Å². The van der Waals surface area contributed by atoms with E-state index in [1.54, 1.807) is 24.3 Å². The number of hydrogen-bond donors (Lipinski definition) is 3. The molecule has 0 saturated carbocycles. The van der Waals surface area contributed by atoms with Crippen molar-refractivity contribution in [2.45, 2.75) is 19.4 Å². The Morgan fingerprint density at radius 3 is 2.04 bits per heavy atom. The van der Waals surface area contributed by atoms with Crippen LogP contribution in [0.25, 0.3) is 0 Å². The molecule has 0 aliphatic rings. The highest BCUT2D eigenvalue weighted by Gasteiger charge is 2.10. The number of nitrogens with two attached hydrogens (primary N) is 1. The molecule has 8 heteroatoms. The Morgan fingerprint density at radius 1 is 0.821 bits per heavy atom. The zero-order valence-electron chi connectivity index (χ0n) is 15.0. The molecule has 2 aromatic rings. The Morgan fingerprint density at radius 2 is 1.43 bits per heavy atom. The minimum absolute atomic E-state index is 0.0177. The second-order valence-corrected chi connectivity index (χ2v) is 6.05. The first kappa shape index (κ1) is 20.8. The van der Waals surface area contributed by atoms with Crippen LogP contribution < -0.4 is 16.4 Å². The molecule has 0 atom stereocenters. The highest BCUT2D eigenvalue weighted by atomic mass is 19.1. The molecule has 3 amide bonds. The van der Waals surface area contributed by atoms with Crippen molar-refractivity contribution in [3.8, 4) is 0 Å². The number of benzene rings is 2. The molecule has 0 fully saturated rings. The van der Waals surface area contributed by atoms with E-state index in [-0.39, 0.29) is 37.6 Å². The van der Waals surface area contributed by atoms with E-state index in [2.05, 4.69) is 10.6 Å². The molecule has 0 saturated heterocycles. The van der Waals surface area contributed by atoms with Crippen molar-refractivity contribution in [1.82, 2.24) is 10.6 Å². The van der Waals surface area contributed by atoms with Gasteiger partial charge >= 0.3 is 0 Å². The third-order valence-electron chi connectivity index (χ3n) is 3.87. The van der Waals surface area contributed by atoms with Crippen LogP contribution in [-0.4, -0.2) is 30.0 Å². The van der Waals surface area contributed by atoms with E-state index in [0.717, 1.165) is 5.56 Å². The minimum Gasteiger partial charge on any atom is -0.368 e. The van der Waals surface area contributed by atoms with Crippen molar-refractivity contribution in [3.05, 3.63) is 71.0 Å². The summed E-state index contributed by atoms with van der Waals surface area (Å²) in [6.07, 6.45) is 0.0419. The second-order valence-electron chi connectivity index (χ2n) is 6.05. The number of ketones is 1. The zero-order chi connectivity index (χ0) is 20.5. The van der Waals surface area contributed by atoms with Crippen LogP contribution in [-0.2, 0) is 16.1 Å². The van der Waals surface area contributed by atoms with E-state index in [4.69, 9.17) is 5.73 Å². The van der Waals surface area contributed by atoms with Crippen molar-refractivity contribution in [2.24, 2.45) is 5.73 Å². The lowest BCUT2D eigenvalue weighted by Gasteiger charge is -2.07. The molecule has 0 radical (unpaired) electrons. The van der Waals surface area contributed by atoms with Gasteiger partial charge in [-0.25, -0.2) is 4.39 Å². The van der Waals surface area contributed by atoms with Gasteiger partial charge < -0.3 is 16.4 Å². The molecule has 7 nitrogen and oxygen atoms in total. The molecular formula is C20H20FN3O4. The lowest BCUT2D eigenvalue weighted by atomic mass is 10.1. The SMILES string of the molecule is NC(=O)CNC(=O)c1ccc(CNC(=O)CCC(=O)c2ccc(F)cc2)cc1. The van der Waals surface area contributed by atoms with Crippen molar-refractivity contribution < 1.29 is 23.6 Å². The Balaban J connectivity index is 1.76. The van der Waals surface area contributed by atoms with Crippen molar-refractivity contribution in [1.29, 1.82) is 0 Å². The predicted octanol–water partition coefficient (Wildman–Crippen LogP) is 1.32. The summed E-state index contributed by atoms with van der Waals surface area (Å²) >= 11 is 0. The Kier molecular flexibility index (Phi) is 7.38. The summed E-state index contributed by atoms with van der Waals surface area (Å²) in [5, 5.41) is 5.07. The van der Waals surface area contributed by atoms with Crippen LogP contribution in [0.5, 0.6) is 0 Å². The van der Waals surface area contributed by atoms with Crippen LogP contribution in [0.15, 0.2) is 48.5 Å². The maximum absolute atomic E-state index is 12.8. The van der Waals surface area contributed by atoms with E-state index in [9.17, 15) is 23.6 Å². The summed E-state index contributed by atoms with van der Waals surface area (Å²) in [7, 11) is 0.